The summed E-state index contributed by atoms with van der Waals surface area (Å²) in [6, 6.07) is 25.2. The number of nitrogens with zero attached hydrogens (tertiary/aromatic N) is 1. The van der Waals surface area contributed by atoms with Gasteiger partial charge in [-0.2, -0.15) is 0 Å². The number of para-hydroxylation sites is 1. The molecule has 28 heavy (non-hydrogen) atoms. The summed E-state index contributed by atoms with van der Waals surface area (Å²) in [5.74, 6) is -1.11. The molecular formula is C23H21N3O2. The van der Waals surface area contributed by atoms with Crippen molar-refractivity contribution in [3.8, 4) is 0 Å². The molecule has 5 heteroatoms. The second-order valence-electron chi connectivity index (χ2n) is 6.77. The molecule has 4 rings (SSSR count). The lowest BCUT2D eigenvalue weighted by Gasteiger charge is -2.28. The van der Waals surface area contributed by atoms with Crippen LogP contribution in [0.4, 0.5) is 17.1 Å². The summed E-state index contributed by atoms with van der Waals surface area (Å²) in [5.41, 5.74) is 4.83. The summed E-state index contributed by atoms with van der Waals surface area (Å²) in [4.78, 5) is 26.5. The van der Waals surface area contributed by atoms with Gasteiger partial charge in [0.05, 0.1) is 0 Å². The van der Waals surface area contributed by atoms with E-state index in [1.807, 2.05) is 60.7 Å². The Bertz CT molecular complexity index is 984. The number of nitrogens with one attached hydrogen (secondary N) is 2. The minimum absolute atomic E-state index is 0.475. The average Bonchev–Trinajstić information content (AvgIpc) is 2.75. The number of anilines is 3. The van der Waals surface area contributed by atoms with Crippen molar-refractivity contribution < 1.29 is 9.59 Å². The molecule has 0 bridgehead atoms. The van der Waals surface area contributed by atoms with Crippen molar-refractivity contribution >= 4 is 28.9 Å². The van der Waals surface area contributed by atoms with Gasteiger partial charge in [0.25, 0.3) is 0 Å². The third-order valence-electron chi connectivity index (χ3n) is 4.82. The van der Waals surface area contributed by atoms with Gasteiger partial charge in [0, 0.05) is 30.2 Å². The zero-order chi connectivity index (χ0) is 19.3. The maximum absolute atomic E-state index is 12.5. The second-order valence-corrected chi connectivity index (χ2v) is 6.77. The molecular weight excluding hydrogens is 350 g/mol. The summed E-state index contributed by atoms with van der Waals surface area (Å²) in [6.45, 7) is 1.03. The highest BCUT2D eigenvalue weighted by atomic mass is 16.2. The van der Waals surface area contributed by atoms with E-state index in [0.717, 1.165) is 23.4 Å². The lowest BCUT2D eigenvalue weighted by atomic mass is 10.00. The molecule has 1 aliphatic rings. The molecule has 0 unspecified atom stereocenters. The molecule has 0 saturated heterocycles. The van der Waals surface area contributed by atoms with Crippen molar-refractivity contribution in [2.75, 3.05) is 17.2 Å². The van der Waals surface area contributed by atoms with Crippen molar-refractivity contribution in [2.45, 2.75) is 13.0 Å². The first-order valence-electron chi connectivity index (χ1n) is 9.28. The Hall–Kier alpha value is -3.60. The van der Waals surface area contributed by atoms with Crippen LogP contribution in [0, 0.1) is 0 Å². The van der Waals surface area contributed by atoms with E-state index in [1.54, 1.807) is 17.0 Å². The molecule has 1 aliphatic heterocycles. The van der Waals surface area contributed by atoms with Crippen molar-refractivity contribution in [1.82, 2.24) is 4.90 Å². The maximum atomic E-state index is 12.5. The van der Waals surface area contributed by atoms with Gasteiger partial charge in [-0.15, -0.1) is 0 Å². The summed E-state index contributed by atoms with van der Waals surface area (Å²) in [6.07, 6.45) is 0.773. The first-order chi connectivity index (χ1) is 13.7. The quantitative estimate of drug-likeness (QED) is 0.685. The Labute approximate surface area is 164 Å². The normalized spacial score (nSPS) is 12.8. The standard InChI is InChI=1S/C23H21N3O2/c27-22(23(28)26-15-14-17-6-4-5-7-18(17)16-26)25-21-12-10-20(11-13-21)24-19-8-2-1-3-9-19/h1-13,24H,14-16H2,(H,25,27). The number of fused-ring (bicyclic) bond motifs is 1. The Morgan fingerprint density at radius 1 is 0.714 bits per heavy atom. The van der Waals surface area contributed by atoms with E-state index in [9.17, 15) is 9.59 Å². The highest BCUT2D eigenvalue weighted by molar-refractivity contribution is 6.39. The third-order valence-corrected chi connectivity index (χ3v) is 4.82. The van der Waals surface area contributed by atoms with Crippen molar-refractivity contribution in [3.05, 3.63) is 90.0 Å². The molecule has 0 spiro atoms. The molecule has 2 amide bonds. The van der Waals surface area contributed by atoms with Gasteiger partial charge in [-0.1, -0.05) is 42.5 Å². The first kappa shape index (κ1) is 17.8. The molecule has 0 saturated carbocycles. The van der Waals surface area contributed by atoms with Crippen LogP contribution in [0.1, 0.15) is 11.1 Å². The lowest BCUT2D eigenvalue weighted by molar-refractivity contribution is -0.143. The summed E-state index contributed by atoms with van der Waals surface area (Å²) in [7, 11) is 0. The molecule has 0 aromatic heterocycles. The van der Waals surface area contributed by atoms with Crippen LogP contribution < -0.4 is 10.6 Å². The van der Waals surface area contributed by atoms with Crippen LogP contribution in [0.15, 0.2) is 78.9 Å². The van der Waals surface area contributed by atoms with E-state index >= 15 is 0 Å². The average molecular weight is 371 g/mol. The fourth-order valence-electron chi connectivity index (χ4n) is 3.32. The molecule has 0 radical (unpaired) electrons. The molecule has 0 fully saturated rings. The van der Waals surface area contributed by atoms with Gasteiger partial charge < -0.3 is 15.5 Å². The van der Waals surface area contributed by atoms with Crippen LogP contribution in [0.25, 0.3) is 0 Å². The van der Waals surface area contributed by atoms with Gasteiger partial charge in [-0.05, 0) is 53.9 Å². The summed E-state index contributed by atoms with van der Waals surface area (Å²) >= 11 is 0. The SMILES string of the molecule is O=C(Nc1ccc(Nc2ccccc2)cc1)C(=O)N1CCc2ccccc2C1. The largest absolute Gasteiger partial charge is 0.356 e. The monoisotopic (exact) mass is 371 g/mol. The molecule has 5 nitrogen and oxygen atoms in total. The molecule has 0 aliphatic carbocycles. The second kappa shape index (κ2) is 7.96. The molecule has 140 valence electrons. The number of amides is 2. The van der Waals surface area contributed by atoms with Gasteiger partial charge in [-0.25, -0.2) is 0 Å². The predicted octanol–water partition coefficient (Wildman–Crippen LogP) is 3.95. The highest BCUT2D eigenvalue weighted by Gasteiger charge is 2.25. The Morgan fingerprint density at radius 3 is 2.07 bits per heavy atom. The highest BCUT2D eigenvalue weighted by Crippen LogP contribution is 2.20. The lowest BCUT2D eigenvalue weighted by Crippen LogP contribution is -2.42. The van der Waals surface area contributed by atoms with Crippen LogP contribution in [0.3, 0.4) is 0 Å². The van der Waals surface area contributed by atoms with E-state index in [-0.39, 0.29) is 0 Å². The van der Waals surface area contributed by atoms with E-state index in [1.165, 1.54) is 5.56 Å². The van der Waals surface area contributed by atoms with Gasteiger partial charge >= 0.3 is 11.8 Å². The number of rotatable bonds is 3. The number of carbonyl (C=O) groups excluding carboxylic acids is 2. The van der Waals surface area contributed by atoms with Gasteiger partial charge in [0.1, 0.15) is 0 Å². The predicted molar refractivity (Wildman–Crippen MR) is 110 cm³/mol. The Morgan fingerprint density at radius 2 is 1.32 bits per heavy atom. The first-order valence-corrected chi connectivity index (χ1v) is 9.28. The van der Waals surface area contributed by atoms with Crippen LogP contribution in [0.2, 0.25) is 0 Å². The fourth-order valence-corrected chi connectivity index (χ4v) is 3.32. The zero-order valence-electron chi connectivity index (χ0n) is 15.4. The molecule has 0 atom stereocenters. The zero-order valence-corrected chi connectivity index (χ0v) is 15.4. The maximum Gasteiger partial charge on any atom is 0.313 e. The minimum Gasteiger partial charge on any atom is -0.356 e. The van der Waals surface area contributed by atoms with Gasteiger partial charge in [0.15, 0.2) is 0 Å². The van der Waals surface area contributed by atoms with Crippen molar-refractivity contribution in [2.24, 2.45) is 0 Å². The number of hydrogen-bond donors (Lipinski definition) is 2. The molecule has 3 aromatic carbocycles. The van der Waals surface area contributed by atoms with E-state index in [0.29, 0.717) is 18.8 Å². The van der Waals surface area contributed by atoms with Gasteiger partial charge in [-0.3, -0.25) is 9.59 Å². The fraction of sp³-hybridized carbons (Fsp3) is 0.130. The van der Waals surface area contributed by atoms with Gasteiger partial charge in [0.2, 0.25) is 0 Å². The van der Waals surface area contributed by atoms with Crippen LogP contribution in [-0.4, -0.2) is 23.3 Å². The molecule has 1 heterocycles. The molecule has 2 N–H and O–H groups in total. The van der Waals surface area contributed by atoms with Crippen LogP contribution >= 0.6 is 0 Å². The number of carbonyl (C=O) groups is 2. The number of benzene rings is 3. The Balaban J connectivity index is 1.36. The van der Waals surface area contributed by atoms with E-state index < -0.39 is 11.8 Å². The smallest absolute Gasteiger partial charge is 0.313 e. The van der Waals surface area contributed by atoms with Crippen LogP contribution in [-0.2, 0) is 22.6 Å². The third kappa shape index (κ3) is 4.04. The van der Waals surface area contributed by atoms with E-state index in [4.69, 9.17) is 0 Å². The molecule has 3 aromatic rings. The Kier molecular flexibility index (Phi) is 5.06. The van der Waals surface area contributed by atoms with Crippen molar-refractivity contribution in [1.29, 1.82) is 0 Å². The summed E-state index contributed by atoms with van der Waals surface area (Å²) < 4.78 is 0. The minimum atomic E-state index is -0.608. The number of hydrogen-bond acceptors (Lipinski definition) is 3. The van der Waals surface area contributed by atoms with E-state index in [2.05, 4.69) is 16.7 Å². The topological polar surface area (TPSA) is 61.4 Å². The van der Waals surface area contributed by atoms with Crippen molar-refractivity contribution in [3.63, 3.8) is 0 Å². The van der Waals surface area contributed by atoms with Crippen LogP contribution in [0.5, 0.6) is 0 Å². The summed E-state index contributed by atoms with van der Waals surface area (Å²) in [5, 5.41) is 5.98.